The van der Waals surface area contributed by atoms with Gasteiger partial charge in [-0.15, -0.1) is 0 Å². The van der Waals surface area contributed by atoms with Crippen molar-refractivity contribution in [1.82, 2.24) is 19.2 Å². The second kappa shape index (κ2) is 5.77. The Balaban J connectivity index is 2.13. The molecule has 0 bridgehead atoms. The van der Waals surface area contributed by atoms with E-state index in [4.69, 9.17) is 0 Å². The molecule has 0 radical (unpaired) electrons. The number of pyridine rings is 1. The van der Waals surface area contributed by atoms with Gasteiger partial charge in [0.05, 0.1) is 22.9 Å². The largest absolute Gasteiger partial charge is 0.282 e. The third-order valence-corrected chi connectivity index (χ3v) is 5.09. The fraction of sp³-hybridized carbons (Fsp3) is 0.143. The van der Waals surface area contributed by atoms with Gasteiger partial charge >= 0.3 is 0 Å². The summed E-state index contributed by atoms with van der Waals surface area (Å²) in [5.41, 5.74) is 1.48. The van der Waals surface area contributed by atoms with E-state index >= 15 is 0 Å². The van der Waals surface area contributed by atoms with Crippen molar-refractivity contribution in [1.29, 1.82) is 0 Å². The summed E-state index contributed by atoms with van der Waals surface area (Å²) < 4.78 is 3.70. The lowest BCUT2D eigenvalue weighted by Gasteiger charge is -2.08. The minimum atomic E-state index is -0.291. The Bertz CT molecular complexity index is 994. The van der Waals surface area contributed by atoms with Crippen molar-refractivity contribution in [3.05, 3.63) is 71.5 Å². The maximum Gasteiger partial charge on any atom is 0.282 e. The van der Waals surface area contributed by atoms with Crippen molar-refractivity contribution >= 4 is 37.5 Å². The maximum absolute atomic E-state index is 12.1. The highest BCUT2D eigenvalue weighted by Crippen LogP contribution is 2.16. The Hall–Kier alpha value is -1.80. The van der Waals surface area contributed by atoms with Crippen LogP contribution < -0.4 is 11.1 Å². The van der Waals surface area contributed by atoms with Gasteiger partial charge in [-0.05, 0) is 50.4 Å². The zero-order valence-electron chi connectivity index (χ0n) is 11.5. The highest BCUT2D eigenvalue weighted by atomic mass is 79.9. The molecular formula is C14H10Br2N4O2. The van der Waals surface area contributed by atoms with Crippen LogP contribution >= 0.6 is 31.9 Å². The molecule has 0 N–H and O–H groups in total. The van der Waals surface area contributed by atoms with Gasteiger partial charge in [0, 0.05) is 12.3 Å². The second-order valence-corrected chi connectivity index (χ2v) is 6.39. The normalized spacial score (nSPS) is 11.0. The molecule has 3 rings (SSSR count). The van der Waals surface area contributed by atoms with Gasteiger partial charge in [-0.25, -0.2) is 9.67 Å². The molecule has 0 saturated heterocycles. The molecule has 0 fully saturated rings. The molecule has 112 valence electrons. The molecule has 0 spiro atoms. The molecule has 0 aliphatic carbocycles. The third kappa shape index (κ3) is 2.64. The number of hydrogen-bond donors (Lipinski definition) is 0. The molecule has 0 aliphatic rings. The minimum absolute atomic E-state index is 0.130. The van der Waals surface area contributed by atoms with Gasteiger partial charge < -0.3 is 0 Å². The van der Waals surface area contributed by atoms with E-state index in [0.29, 0.717) is 20.3 Å². The van der Waals surface area contributed by atoms with E-state index in [0.717, 1.165) is 5.56 Å². The lowest BCUT2D eigenvalue weighted by molar-refractivity contribution is 0.621. The highest BCUT2D eigenvalue weighted by molar-refractivity contribution is 9.13. The Morgan fingerprint density at radius 2 is 2.05 bits per heavy atom. The molecule has 22 heavy (non-hydrogen) atoms. The molecule has 8 heteroatoms. The molecule has 0 aliphatic heterocycles. The lowest BCUT2D eigenvalue weighted by Crippen LogP contribution is -2.26. The molecule has 0 unspecified atom stereocenters. The van der Waals surface area contributed by atoms with Crippen molar-refractivity contribution in [3.63, 3.8) is 0 Å². The van der Waals surface area contributed by atoms with Crippen LogP contribution in [0.3, 0.4) is 0 Å². The van der Waals surface area contributed by atoms with Crippen LogP contribution in [-0.4, -0.2) is 19.2 Å². The Kier molecular flexibility index (Phi) is 3.96. The quantitative estimate of drug-likeness (QED) is 0.630. The Labute approximate surface area is 141 Å². The smallest absolute Gasteiger partial charge is 0.269 e. The number of rotatable bonds is 2. The number of fused-ring (bicyclic) bond motifs is 1. The third-order valence-electron chi connectivity index (χ3n) is 3.19. The van der Waals surface area contributed by atoms with Crippen LogP contribution in [0.15, 0.2) is 49.1 Å². The summed E-state index contributed by atoms with van der Waals surface area (Å²) in [6, 6.07) is 5.09. The van der Waals surface area contributed by atoms with Gasteiger partial charge in [-0.1, -0.05) is 6.07 Å². The summed E-state index contributed by atoms with van der Waals surface area (Å²) in [6.07, 6.45) is 3.19. The first-order chi connectivity index (χ1) is 10.5. The van der Waals surface area contributed by atoms with E-state index in [1.807, 2.05) is 13.0 Å². The van der Waals surface area contributed by atoms with Crippen LogP contribution in [0.25, 0.3) is 5.65 Å². The van der Waals surface area contributed by atoms with E-state index in [1.165, 1.54) is 21.3 Å². The van der Waals surface area contributed by atoms with Gasteiger partial charge in [0.1, 0.15) is 10.1 Å². The first-order valence-electron chi connectivity index (χ1n) is 6.36. The predicted molar refractivity (Wildman–Crippen MR) is 89.2 cm³/mol. The number of nitrogens with zero attached hydrogens (tertiary/aromatic N) is 4. The maximum atomic E-state index is 12.1. The molecule has 6 nitrogen and oxygen atoms in total. The standard InChI is InChI=1S/C14H10Br2N4O2/c1-8-3-2-4-19-11(21)5-9(18-13(8)19)7-20-14(22)12(16)10(15)6-17-20/h2-6H,7H2,1H3. The molecular weight excluding hydrogens is 416 g/mol. The molecule has 3 aromatic heterocycles. The molecule has 0 atom stereocenters. The summed E-state index contributed by atoms with van der Waals surface area (Å²) in [6.45, 7) is 2.01. The van der Waals surface area contributed by atoms with Crippen molar-refractivity contribution in [2.45, 2.75) is 13.5 Å². The number of halogens is 2. The summed E-state index contributed by atoms with van der Waals surface area (Å²) in [7, 11) is 0. The van der Waals surface area contributed by atoms with Gasteiger partial charge in [0.2, 0.25) is 0 Å². The van der Waals surface area contributed by atoms with E-state index in [1.54, 1.807) is 12.3 Å². The van der Waals surface area contributed by atoms with Crippen LogP contribution in [0.5, 0.6) is 0 Å². The van der Waals surface area contributed by atoms with Crippen molar-refractivity contribution in [2.24, 2.45) is 0 Å². The number of aromatic nitrogens is 4. The van der Waals surface area contributed by atoms with Gasteiger partial charge in [0.25, 0.3) is 11.1 Å². The van der Waals surface area contributed by atoms with Crippen molar-refractivity contribution < 1.29 is 0 Å². The average molecular weight is 426 g/mol. The summed E-state index contributed by atoms with van der Waals surface area (Å²) >= 11 is 6.43. The van der Waals surface area contributed by atoms with Crippen LogP contribution in [0.1, 0.15) is 11.3 Å². The average Bonchev–Trinajstić information content (AvgIpc) is 2.49. The monoisotopic (exact) mass is 424 g/mol. The summed E-state index contributed by atoms with van der Waals surface area (Å²) in [5.74, 6) is 0. The zero-order chi connectivity index (χ0) is 15.9. The second-order valence-electron chi connectivity index (χ2n) is 4.74. The first-order valence-corrected chi connectivity index (χ1v) is 7.95. The fourth-order valence-corrected chi connectivity index (χ4v) is 2.67. The molecule has 0 amide bonds. The van der Waals surface area contributed by atoms with E-state index in [9.17, 15) is 9.59 Å². The number of aryl methyl sites for hydroxylation is 1. The lowest BCUT2D eigenvalue weighted by atomic mass is 10.3. The van der Waals surface area contributed by atoms with Gasteiger partial charge in [-0.2, -0.15) is 5.10 Å². The Morgan fingerprint density at radius 3 is 2.82 bits per heavy atom. The van der Waals surface area contributed by atoms with Gasteiger partial charge in [0.15, 0.2) is 0 Å². The Morgan fingerprint density at radius 1 is 1.27 bits per heavy atom. The van der Waals surface area contributed by atoms with Crippen LogP contribution in [-0.2, 0) is 6.54 Å². The molecule has 3 aromatic rings. The number of hydrogen-bond acceptors (Lipinski definition) is 4. The van der Waals surface area contributed by atoms with Crippen molar-refractivity contribution in [2.75, 3.05) is 0 Å². The van der Waals surface area contributed by atoms with E-state index in [2.05, 4.69) is 41.9 Å². The summed E-state index contributed by atoms with van der Waals surface area (Å²) in [5, 5.41) is 4.04. The van der Waals surface area contributed by atoms with Crippen LogP contribution in [0.2, 0.25) is 0 Å². The molecule has 3 heterocycles. The summed E-state index contributed by atoms with van der Waals surface area (Å²) in [4.78, 5) is 28.7. The SMILES string of the molecule is Cc1cccn2c(=O)cc(Cn3ncc(Br)c(Br)c3=O)nc12. The van der Waals surface area contributed by atoms with E-state index < -0.39 is 0 Å². The predicted octanol–water partition coefficient (Wildman–Crippen LogP) is 2.13. The van der Waals surface area contributed by atoms with E-state index in [-0.39, 0.29) is 17.7 Å². The molecule has 0 aromatic carbocycles. The van der Waals surface area contributed by atoms with Crippen molar-refractivity contribution in [3.8, 4) is 0 Å². The first kappa shape index (κ1) is 15.1. The zero-order valence-corrected chi connectivity index (χ0v) is 14.6. The minimum Gasteiger partial charge on any atom is -0.269 e. The van der Waals surface area contributed by atoms with Gasteiger partial charge in [-0.3, -0.25) is 14.0 Å². The molecule has 0 saturated carbocycles. The van der Waals surface area contributed by atoms with Crippen LogP contribution in [0, 0.1) is 6.92 Å². The van der Waals surface area contributed by atoms with Crippen LogP contribution in [0.4, 0.5) is 0 Å². The fourth-order valence-electron chi connectivity index (χ4n) is 2.10. The highest BCUT2D eigenvalue weighted by Gasteiger charge is 2.10. The topological polar surface area (TPSA) is 69.3 Å².